The minimum Gasteiger partial charge on any atom is -0.477 e. The average Bonchev–Trinajstić information content (AvgIpc) is 2.76. The lowest BCUT2D eigenvalue weighted by Gasteiger charge is -2.27. The van der Waals surface area contributed by atoms with E-state index in [1.165, 1.54) is 6.08 Å². The molecule has 1 saturated heterocycles. The summed E-state index contributed by atoms with van der Waals surface area (Å²) in [6.07, 6.45) is 2.34. The van der Waals surface area contributed by atoms with Crippen molar-refractivity contribution in [2.24, 2.45) is 0 Å². The molecular formula is C20H24N4O6. The second kappa shape index (κ2) is 11.5. The third-order valence-corrected chi connectivity index (χ3v) is 4.02. The van der Waals surface area contributed by atoms with Crippen LogP contribution >= 0.6 is 0 Å². The van der Waals surface area contributed by atoms with Crippen molar-refractivity contribution in [2.75, 3.05) is 51.0 Å². The molecule has 1 aliphatic heterocycles. The van der Waals surface area contributed by atoms with Crippen molar-refractivity contribution in [3.05, 3.63) is 29.5 Å². The summed E-state index contributed by atoms with van der Waals surface area (Å²) >= 11 is 0. The summed E-state index contributed by atoms with van der Waals surface area (Å²) in [6, 6.07) is 1.81. The number of hydrogen-bond donors (Lipinski definition) is 0. The first-order valence-electron chi connectivity index (χ1n) is 9.42. The predicted octanol–water partition coefficient (Wildman–Crippen LogP) is 1.20. The van der Waals surface area contributed by atoms with Crippen LogP contribution in [0.3, 0.4) is 0 Å². The molecule has 0 aliphatic carbocycles. The van der Waals surface area contributed by atoms with Crippen LogP contribution in [0, 0.1) is 18.3 Å². The minimum absolute atomic E-state index is 0.143. The van der Waals surface area contributed by atoms with Crippen LogP contribution in [0.15, 0.2) is 18.2 Å². The molecule has 30 heavy (non-hydrogen) atoms. The van der Waals surface area contributed by atoms with Crippen LogP contribution in [-0.2, 0) is 23.8 Å². The maximum atomic E-state index is 12.2. The number of esters is 2. The lowest BCUT2D eigenvalue weighted by Crippen LogP contribution is -2.37. The molecule has 0 spiro atoms. The smallest absolute Gasteiger partial charge is 0.349 e. The highest BCUT2D eigenvalue weighted by Gasteiger charge is 2.20. The first-order valence-corrected chi connectivity index (χ1v) is 9.42. The summed E-state index contributed by atoms with van der Waals surface area (Å²) in [5.41, 5.74) is 0.715. The Morgan fingerprint density at radius 2 is 1.97 bits per heavy atom. The average molecular weight is 416 g/mol. The van der Waals surface area contributed by atoms with Crippen molar-refractivity contribution in [1.29, 1.82) is 5.26 Å². The number of anilines is 1. The molecular weight excluding hydrogens is 392 g/mol. The molecule has 1 fully saturated rings. The molecule has 1 aromatic rings. The van der Waals surface area contributed by atoms with E-state index in [0.29, 0.717) is 50.1 Å². The van der Waals surface area contributed by atoms with Crippen molar-refractivity contribution in [3.8, 4) is 11.9 Å². The van der Waals surface area contributed by atoms with Gasteiger partial charge in [0.15, 0.2) is 0 Å². The normalized spacial score (nSPS) is 13.9. The number of hydrogen-bond acceptors (Lipinski definition) is 10. The van der Waals surface area contributed by atoms with E-state index in [2.05, 4.69) is 16.5 Å². The van der Waals surface area contributed by atoms with Gasteiger partial charge in [-0.1, -0.05) is 6.58 Å². The van der Waals surface area contributed by atoms with E-state index in [-0.39, 0.29) is 24.7 Å². The first-order chi connectivity index (χ1) is 14.5. The van der Waals surface area contributed by atoms with Crippen molar-refractivity contribution in [2.45, 2.75) is 13.8 Å². The lowest BCUT2D eigenvalue weighted by molar-refractivity contribution is -0.146. The van der Waals surface area contributed by atoms with Gasteiger partial charge in [0, 0.05) is 19.2 Å². The Balaban J connectivity index is 2.20. The van der Waals surface area contributed by atoms with Gasteiger partial charge in [-0.25, -0.2) is 14.6 Å². The van der Waals surface area contributed by atoms with Crippen LogP contribution in [0.1, 0.15) is 18.2 Å². The highest BCUT2D eigenvalue weighted by molar-refractivity contribution is 5.98. The molecule has 160 valence electrons. The summed E-state index contributed by atoms with van der Waals surface area (Å²) in [7, 11) is 0. The van der Waals surface area contributed by atoms with E-state index in [0.717, 1.165) is 6.08 Å². The van der Waals surface area contributed by atoms with E-state index in [1.807, 2.05) is 17.9 Å². The van der Waals surface area contributed by atoms with E-state index >= 15 is 0 Å². The largest absolute Gasteiger partial charge is 0.477 e. The van der Waals surface area contributed by atoms with Gasteiger partial charge in [-0.05, 0) is 19.9 Å². The number of aryl methyl sites for hydroxylation is 1. The molecule has 0 atom stereocenters. The standard InChI is InChI=1S/C20H24N4O6/c1-4-17(25)29-10-11-30-19(26)15(13-21)12-16-14(3)22-20(23-18(16)28-5-2)24-6-8-27-9-7-24/h4,12H,1,5-11H2,2-3H3/b15-12+. The zero-order chi connectivity index (χ0) is 21.9. The summed E-state index contributed by atoms with van der Waals surface area (Å²) in [4.78, 5) is 34.1. The molecule has 1 aliphatic rings. The van der Waals surface area contributed by atoms with Gasteiger partial charge in [-0.15, -0.1) is 0 Å². The molecule has 0 saturated carbocycles. The summed E-state index contributed by atoms with van der Waals surface area (Å²) < 4.78 is 20.7. The van der Waals surface area contributed by atoms with Gasteiger partial charge < -0.3 is 23.8 Å². The zero-order valence-electron chi connectivity index (χ0n) is 17.0. The Morgan fingerprint density at radius 1 is 1.27 bits per heavy atom. The fraction of sp³-hybridized carbons (Fsp3) is 0.450. The van der Waals surface area contributed by atoms with Gasteiger partial charge in [0.25, 0.3) is 0 Å². The number of nitriles is 1. The van der Waals surface area contributed by atoms with E-state index in [4.69, 9.17) is 18.9 Å². The van der Waals surface area contributed by atoms with Crippen LogP contribution in [0.25, 0.3) is 6.08 Å². The van der Waals surface area contributed by atoms with Crippen molar-refractivity contribution < 1.29 is 28.5 Å². The molecule has 10 heteroatoms. The van der Waals surface area contributed by atoms with E-state index in [9.17, 15) is 14.9 Å². The Kier molecular flexibility index (Phi) is 8.77. The van der Waals surface area contributed by atoms with Crippen molar-refractivity contribution >= 4 is 24.0 Å². The fourth-order valence-corrected chi connectivity index (χ4v) is 2.55. The van der Waals surface area contributed by atoms with E-state index in [1.54, 1.807) is 6.92 Å². The van der Waals surface area contributed by atoms with Crippen LogP contribution in [0.4, 0.5) is 5.95 Å². The summed E-state index contributed by atoms with van der Waals surface area (Å²) in [5.74, 6) is -0.712. The second-order valence-corrected chi connectivity index (χ2v) is 6.04. The van der Waals surface area contributed by atoms with Gasteiger partial charge in [-0.2, -0.15) is 10.2 Å². The SMILES string of the molecule is C=CC(=O)OCCOC(=O)/C(C#N)=C/c1c(C)nc(N2CCOCC2)nc1OCC. The number of ether oxygens (including phenoxy) is 4. The molecule has 2 heterocycles. The van der Waals surface area contributed by atoms with Gasteiger partial charge in [0.1, 0.15) is 24.9 Å². The maximum absolute atomic E-state index is 12.2. The van der Waals surface area contributed by atoms with E-state index < -0.39 is 11.9 Å². The molecule has 0 bridgehead atoms. The molecule has 0 aromatic carbocycles. The molecule has 10 nitrogen and oxygen atoms in total. The summed E-state index contributed by atoms with van der Waals surface area (Å²) in [5, 5.41) is 9.39. The van der Waals surface area contributed by atoms with Crippen molar-refractivity contribution in [1.82, 2.24) is 9.97 Å². The first kappa shape index (κ1) is 22.8. The maximum Gasteiger partial charge on any atom is 0.349 e. The topological polar surface area (TPSA) is 124 Å². The zero-order valence-corrected chi connectivity index (χ0v) is 17.0. The Labute approximate surface area is 174 Å². The number of aromatic nitrogens is 2. The second-order valence-electron chi connectivity index (χ2n) is 6.04. The van der Waals surface area contributed by atoms with Crippen LogP contribution < -0.4 is 9.64 Å². The molecule has 0 N–H and O–H groups in total. The molecule has 1 aromatic heterocycles. The monoisotopic (exact) mass is 416 g/mol. The molecule has 0 radical (unpaired) electrons. The summed E-state index contributed by atoms with van der Waals surface area (Å²) in [6.45, 7) is 9.31. The number of carbonyl (C=O) groups is 2. The van der Waals surface area contributed by atoms with Gasteiger partial charge in [0.2, 0.25) is 11.8 Å². The Morgan fingerprint density at radius 3 is 2.60 bits per heavy atom. The quantitative estimate of drug-likeness (QED) is 0.251. The van der Waals surface area contributed by atoms with Crippen LogP contribution in [0.5, 0.6) is 5.88 Å². The molecule has 0 unspecified atom stereocenters. The number of morpholine rings is 1. The number of rotatable bonds is 9. The molecule has 2 rings (SSSR count). The fourth-order valence-electron chi connectivity index (χ4n) is 2.55. The predicted molar refractivity (Wildman–Crippen MR) is 107 cm³/mol. The van der Waals surface area contributed by atoms with Gasteiger partial charge in [-0.3, -0.25) is 0 Å². The van der Waals surface area contributed by atoms with Crippen molar-refractivity contribution in [3.63, 3.8) is 0 Å². The minimum atomic E-state index is -0.855. The molecule has 0 amide bonds. The number of carbonyl (C=O) groups excluding carboxylic acids is 2. The lowest BCUT2D eigenvalue weighted by atomic mass is 10.1. The van der Waals surface area contributed by atoms with Crippen LogP contribution in [0.2, 0.25) is 0 Å². The number of nitrogens with zero attached hydrogens (tertiary/aromatic N) is 4. The van der Waals surface area contributed by atoms with Gasteiger partial charge >= 0.3 is 11.9 Å². The van der Waals surface area contributed by atoms with Gasteiger partial charge in [0.05, 0.1) is 31.1 Å². The Bertz CT molecular complexity index is 856. The highest BCUT2D eigenvalue weighted by atomic mass is 16.6. The Hall–Kier alpha value is -3.45. The highest BCUT2D eigenvalue weighted by Crippen LogP contribution is 2.25. The third-order valence-electron chi connectivity index (χ3n) is 4.02. The van der Waals surface area contributed by atoms with Crippen LogP contribution in [-0.4, -0.2) is 68.0 Å². The third kappa shape index (κ3) is 6.28.